The normalized spacial score (nSPS) is 12.5. The average Bonchev–Trinajstić information content (AvgIpc) is 2.65. The molecule has 0 aliphatic carbocycles. The number of aliphatic hydroxyl groups is 1. The summed E-state index contributed by atoms with van der Waals surface area (Å²) in [6, 6.07) is 4.38. The first-order valence-electron chi connectivity index (χ1n) is 6.13. The van der Waals surface area contributed by atoms with E-state index in [-0.39, 0.29) is 12.2 Å². The van der Waals surface area contributed by atoms with Gasteiger partial charge in [-0.25, -0.2) is 4.39 Å². The Kier molecular flexibility index (Phi) is 4.30. The molecule has 0 saturated heterocycles. The molecule has 0 bridgehead atoms. The molecule has 1 N–H and O–H groups in total. The van der Waals surface area contributed by atoms with Crippen LogP contribution >= 0.6 is 11.6 Å². The Morgan fingerprint density at radius 3 is 2.70 bits per heavy atom. The maximum atomic E-state index is 13.6. The second kappa shape index (κ2) is 5.81. The quantitative estimate of drug-likeness (QED) is 0.944. The van der Waals surface area contributed by atoms with Gasteiger partial charge >= 0.3 is 0 Å². The number of hydrogen-bond donors (Lipinski definition) is 1. The third-order valence-electron chi connectivity index (χ3n) is 3.21. The van der Waals surface area contributed by atoms with Crippen molar-refractivity contribution >= 4 is 11.6 Å². The van der Waals surface area contributed by atoms with Crippen molar-refractivity contribution in [1.29, 1.82) is 0 Å². The maximum Gasteiger partial charge on any atom is 0.165 e. The fraction of sp³-hybridized carbons (Fsp3) is 0.357. The number of nitrogens with zero attached hydrogens (tertiary/aromatic N) is 2. The van der Waals surface area contributed by atoms with Crippen LogP contribution in [0.25, 0.3) is 0 Å². The summed E-state index contributed by atoms with van der Waals surface area (Å²) in [6.45, 7) is 1.80. The number of benzene rings is 1. The average molecular weight is 299 g/mol. The minimum Gasteiger partial charge on any atom is -0.494 e. The van der Waals surface area contributed by atoms with E-state index in [2.05, 4.69) is 5.10 Å². The first-order valence-corrected chi connectivity index (χ1v) is 6.51. The SMILES string of the molecule is COc1ccc(C(O)Cc2c(Cl)c(C)nn2C)cc1F. The molecule has 0 radical (unpaired) electrons. The van der Waals surface area contributed by atoms with Crippen LogP contribution in [-0.4, -0.2) is 22.0 Å². The van der Waals surface area contributed by atoms with Crippen LogP contribution in [-0.2, 0) is 13.5 Å². The van der Waals surface area contributed by atoms with Crippen molar-refractivity contribution < 1.29 is 14.2 Å². The van der Waals surface area contributed by atoms with E-state index in [9.17, 15) is 9.50 Å². The van der Waals surface area contributed by atoms with Gasteiger partial charge in [0.25, 0.3) is 0 Å². The predicted octanol–water partition coefficient (Wildman–Crippen LogP) is 2.81. The number of aliphatic hydroxyl groups excluding tert-OH is 1. The highest BCUT2D eigenvalue weighted by Crippen LogP contribution is 2.27. The van der Waals surface area contributed by atoms with Crippen LogP contribution in [0.2, 0.25) is 5.02 Å². The lowest BCUT2D eigenvalue weighted by Crippen LogP contribution is -2.07. The largest absolute Gasteiger partial charge is 0.494 e. The van der Waals surface area contributed by atoms with Gasteiger partial charge in [0, 0.05) is 13.5 Å². The molecule has 6 heteroatoms. The number of halogens is 2. The van der Waals surface area contributed by atoms with E-state index in [0.717, 1.165) is 0 Å². The number of aromatic nitrogens is 2. The van der Waals surface area contributed by atoms with Gasteiger partial charge in [-0.05, 0) is 24.6 Å². The van der Waals surface area contributed by atoms with Crippen molar-refractivity contribution in [2.45, 2.75) is 19.4 Å². The summed E-state index contributed by atoms with van der Waals surface area (Å²) in [5.74, 6) is -0.355. The highest BCUT2D eigenvalue weighted by atomic mass is 35.5. The van der Waals surface area contributed by atoms with Gasteiger partial charge in [0.1, 0.15) is 0 Å². The van der Waals surface area contributed by atoms with E-state index in [1.165, 1.54) is 19.2 Å². The molecule has 0 aliphatic heterocycles. The minimum absolute atomic E-state index is 0.148. The summed E-state index contributed by atoms with van der Waals surface area (Å²) in [5, 5.41) is 14.9. The van der Waals surface area contributed by atoms with E-state index in [1.807, 2.05) is 0 Å². The van der Waals surface area contributed by atoms with Crippen LogP contribution in [0.3, 0.4) is 0 Å². The van der Waals surface area contributed by atoms with Gasteiger partial charge in [-0.1, -0.05) is 17.7 Å². The molecule has 0 saturated carbocycles. The standard InChI is InChI=1S/C14H16ClFN2O2/c1-8-14(15)11(18(2)17-8)7-12(19)9-4-5-13(20-3)10(16)6-9/h4-6,12,19H,7H2,1-3H3. The van der Waals surface area contributed by atoms with Crippen LogP contribution < -0.4 is 4.74 Å². The Bertz CT molecular complexity index is 628. The van der Waals surface area contributed by atoms with Crippen LogP contribution in [0.4, 0.5) is 4.39 Å². The van der Waals surface area contributed by atoms with Crippen LogP contribution in [0.15, 0.2) is 18.2 Å². The highest BCUT2D eigenvalue weighted by Gasteiger charge is 2.17. The molecule has 20 heavy (non-hydrogen) atoms. The van der Waals surface area contributed by atoms with Crippen molar-refractivity contribution in [3.8, 4) is 5.75 Å². The Hall–Kier alpha value is -1.59. The highest BCUT2D eigenvalue weighted by molar-refractivity contribution is 6.31. The molecule has 0 aliphatic rings. The lowest BCUT2D eigenvalue weighted by Gasteiger charge is -2.13. The van der Waals surface area contributed by atoms with Crippen molar-refractivity contribution in [2.24, 2.45) is 7.05 Å². The van der Waals surface area contributed by atoms with Gasteiger partial charge in [0.15, 0.2) is 11.6 Å². The lowest BCUT2D eigenvalue weighted by atomic mass is 10.0. The third-order valence-corrected chi connectivity index (χ3v) is 3.70. The Balaban J connectivity index is 2.23. The summed E-state index contributed by atoms with van der Waals surface area (Å²) in [5.41, 5.74) is 1.89. The summed E-state index contributed by atoms with van der Waals surface area (Å²) in [7, 11) is 3.16. The van der Waals surface area contributed by atoms with E-state index >= 15 is 0 Å². The molecular weight excluding hydrogens is 283 g/mol. The predicted molar refractivity (Wildman–Crippen MR) is 74.6 cm³/mol. The van der Waals surface area contributed by atoms with Crippen molar-refractivity contribution in [3.63, 3.8) is 0 Å². The van der Waals surface area contributed by atoms with Crippen molar-refractivity contribution in [3.05, 3.63) is 46.0 Å². The van der Waals surface area contributed by atoms with Crippen molar-refractivity contribution in [2.75, 3.05) is 7.11 Å². The molecule has 1 aromatic carbocycles. The van der Waals surface area contributed by atoms with Crippen molar-refractivity contribution in [1.82, 2.24) is 9.78 Å². The summed E-state index contributed by atoms with van der Waals surface area (Å²) >= 11 is 6.14. The maximum absolute atomic E-state index is 13.6. The number of ether oxygens (including phenoxy) is 1. The monoisotopic (exact) mass is 298 g/mol. The molecule has 0 fully saturated rings. The first kappa shape index (κ1) is 14.8. The van der Waals surface area contributed by atoms with Gasteiger partial charge in [-0.15, -0.1) is 0 Å². The van der Waals surface area contributed by atoms with Crippen LogP contribution in [0.1, 0.15) is 23.1 Å². The summed E-state index contributed by atoms with van der Waals surface area (Å²) in [6.07, 6.45) is -0.593. The first-order chi connectivity index (χ1) is 9.43. The number of methoxy groups -OCH3 is 1. The number of aryl methyl sites for hydroxylation is 2. The van der Waals surface area contributed by atoms with Gasteiger partial charge in [0.2, 0.25) is 0 Å². The summed E-state index contributed by atoms with van der Waals surface area (Å²) < 4.78 is 20.1. The molecule has 2 aromatic rings. The molecule has 1 unspecified atom stereocenters. The molecule has 4 nitrogen and oxygen atoms in total. The summed E-state index contributed by atoms with van der Waals surface area (Å²) in [4.78, 5) is 0. The molecular formula is C14H16ClFN2O2. The lowest BCUT2D eigenvalue weighted by molar-refractivity contribution is 0.175. The second-order valence-corrected chi connectivity index (χ2v) is 4.96. The van der Waals surface area contributed by atoms with Gasteiger partial charge in [-0.2, -0.15) is 5.10 Å². The van der Waals surface area contributed by atoms with Gasteiger partial charge < -0.3 is 9.84 Å². The van der Waals surface area contributed by atoms with E-state index in [1.54, 1.807) is 24.7 Å². The smallest absolute Gasteiger partial charge is 0.165 e. The third kappa shape index (κ3) is 2.78. The second-order valence-electron chi connectivity index (χ2n) is 4.58. The zero-order valence-electron chi connectivity index (χ0n) is 11.5. The zero-order chi connectivity index (χ0) is 14.9. The van der Waals surface area contributed by atoms with Gasteiger partial charge in [-0.3, -0.25) is 4.68 Å². The van der Waals surface area contributed by atoms with Gasteiger partial charge in [0.05, 0.1) is 29.6 Å². The number of rotatable bonds is 4. The Labute approximate surface area is 121 Å². The Morgan fingerprint density at radius 1 is 1.50 bits per heavy atom. The van der Waals surface area contributed by atoms with Crippen LogP contribution in [0, 0.1) is 12.7 Å². The molecule has 2 rings (SSSR count). The zero-order valence-corrected chi connectivity index (χ0v) is 12.3. The fourth-order valence-corrected chi connectivity index (χ4v) is 2.33. The van der Waals surface area contributed by atoms with E-state index in [4.69, 9.17) is 16.3 Å². The molecule has 108 valence electrons. The van der Waals surface area contributed by atoms with Crippen LogP contribution in [0.5, 0.6) is 5.75 Å². The topological polar surface area (TPSA) is 47.3 Å². The van der Waals surface area contributed by atoms with E-state index in [0.29, 0.717) is 22.0 Å². The Morgan fingerprint density at radius 2 is 2.20 bits per heavy atom. The fourth-order valence-electron chi connectivity index (χ4n) is 2.09. The number of hydrogen-bond acceptors (Lipinski definition) is 3. The molecule has 1 heterocycles. The van der Waals surface area contributed by atoms with E-state index < -0.39 is 11.9 Å². The molecule has 1 aromatic heterocycles. The minimum atomic E-state index is -0.859. The molecule has 0 spiro atoms. The molecule has 0 amide bonds. The molecule has 1 atom stereocenters.